The van der Waals surface area contributed by atoms with Crippen LogP contribution in [0, 0.1) is 12.8 Å². The van der Waals surface area contributed by atoms with E-state index in [1.807, 2.05) is 67.6 Å². The van der Waals surface area contributed by atoms with Crippen molar-refractivity contribution in [1.82, 2.24) is 19.5 Å². The number of carbonyl (C=O) groups is 1. The largest absolute Gasteiger partial charge is 0.404 e. The third kappa shape index (κ3) is 7.30. The number of nitrogens with zero attached hydrogens (tertiary/aromatic N) is 3. The predicted octanol–water partition coefficient (Wildman–Crippen LogP) is 2.99. The number of aryl methyl sites for hydroxylation is 1. The van der Waals surface area contributed by atoms with Gasteiger partial charge in [0.15, 0.2) is 17.4 Å². The number of anilines is 1. The van der Waals surface area contributed by atoms with Crippen molar-refractivity contribution >= 4 is 51.8 Å². The lowest BCUT2D eigenvalue weighted by Gasteiger charge is -2.45. The number of fused-ring (bicyclic) bond motifs is 1. The molecule has 2 aromatic heterocycles. The van der Waals surface area contributed by atoms with Gasteiger partial charge >= 0.3 is 0 Å². The van der Waals surface area contributed by atoms with E-state index in [4.69, 9.17) is 13.3 Å². The highest BCUT2D eigenvalue weighted by atomic mass is 32.2. The van der Waals surface area contributed by atoms with Crippen LogP contribution in [-0.2, 0) is 28.3 Å². The third-order valence-corrected chi connectivity index (χ3v) is 16.0. The molecule has 3 aromatic carbocycles. The maximum absolute atomic E-state index is 13.6. The van der Waals surface area contributed by atoms with Crippen LogP contribution >= 0.6 is 0 Å². The molecule has 0 aliphatic carbocycles. The molecule has 0 spiro atoms. The fraction of sp³-hybridized carbons (Fsp3) is 0.368. The van der Waals surface area contributed by atoms with Crippen molar-refractivity contribution in [2.24, 2.45) is 5.92 Å². The number of amides is 1. The number of nitrogens with one attached hydrogen (secondary N) is 2. The Morgan fingerprint density at radius 1 is 1.00 bits per heavy atom. The van der Waals surface area contributed by atoms with E-state index in [1.165, 1.54) is 23.0 Å². The summed E-state index contributed by atoms with van der Waals surface area (Å²) in [5.41, 5.74) is -2.01. The first-order chi connectivity index (χ1) is 25.5. The van der Waals surface area contributed by atoms with Gasteiger partial charge in [0.2, 0.25) is 11.9 Å². The number of hydrogen-bond donors (Lipinski definition) is 4. The lowest BCUT2D eigenvalue weighted by molar-refractivity contribution is -0.140. The zero-order valence-corrected chi connectivity index (χ0v) is 32.7. The van der Waals surface area contributed by atoms with E-state index < -0.39 is 78.1 Å². The van der Waals surface area contributed by atoms with Crippen LogP contribution in [0.3, 0.4) is 0 Å². The molecule has 4 N–H and O–H groups in total. The lowest BCUT2D eigenvalue weighted by Crippen LogP contribution is -2.68. The number of carbonyl (C=O) groups excluding carboxylic acids is 1. The van der Waals surface area contributed by atoms with E-state index in [1.54, 1.807) is 26.0 Å². The maximum atomic E-state index is 13.6. The van der Waals surface area contributed by atoms with Crippen LogP contribution in [0.1, 0.15) is 46.4 Å². The Morgan fingerprint density at radius 3 is 2.15 bits per heavy atom. The number of hydrogen-bond acceptors (Lipinski definition) is 11. The Hall–Kier alpha value is -4.55. The summed E-state index contributed by atoms with van der Waals surface area (Å²) in [6, 6.07) is 25.5. The molecule has 1 aliphatic heterocycles. The molecule has 14 nitrogen and oxygen atoms in total. The fourth-order valence-electron chi connectivity index (χ4n) is 6.72. The smallest absolute Gasteiger partial charge is 0.297 e. The zero-order valence-electron chi connectivity index (χ0n) is 30.9. The maximum Gasteiger partial charge on any atom is 0.297 e. The predicted molar refractivity (Wildman–Crippen MR) is 204 cm³/mol. The summed E-state index contributed by atoms with van der Waals surface area (Å²) >= 11 is 0. The van der Waals surface area contributed by atoms with Crippen molar-refractivity contribution in [2.45, 2.75) is 75.5 Å². The van der Waals surface area contributed by atoms with Gasteiger partial charge in [0.25, 0.3) is 24.0 Å². The van der Waals surface area contributed by atoms with Crippen molar-refractivity contribution in [2.75, 3.05) is 18.5 Å². The molecule has 1 aliphatic rings. The number of benzene rings is 3. The van der Waals surface area contributed by atoms with Crippen molar-refractivity contribution in [3.8, 4) is 0 Å². The quantitative estimate of drug-likeness (QED) is 0.108. The standard InChI is InChI=1S/C38H45N5O9SSi/c1-24(2)33(46)41-36-40-32-29(34(47)42-36)39-23-43(32)35-30(44)31(45)38(52-35,21-50-53(48,49)26-19-17-25(3)18-20-26)22-51-54(37(4,5)6,27-13-9-7-10-14-27)28-15-11-8-12-16-28/h7-20,23-24,30-31,35,44-45H,21-22H2,1-6H3,(H2,40,41,42,46,47)/t30-,31+,35-,38-/m1/s1. The minimum atomic E-state index is -4.40. The van der Waals surface area contributed by atoms with Gasteiger partial charge in [0.1, 0.15) is 24.4 Å². The molecule has 0 radical (unpaired) electrons. The van der Waals surface area contributed by atoms with Gasteiger partial charge in [0, 0.05) is 5.92 Å². The average Bonchev–Trinajstić information content (AvgIpc) is 3.66. The van der Waals surface area contributed by atoms with Crippen LogP contribution in [0.2, 0.25) is 5.04 Å². The molecule has 0 saturated carbocycles. The molecule has 1 saturated heterocycles. The van der Waals surface area contributed by atoms with Crippen molar-refractivity contribution in [3.05, 3.63) is 107 Å². The second kappa shape index (κ2) is 14.9. The highest BCUT2D eigenvalue weighted by Gasteiger charge is 2.59. The number of aliphatic hydroxyl groups excluding tert-OH is 2. The minimum absolute atomic E-state index is 0.0639. The first kappa shape index (κ1) is 39.1. The summed E-state index contributed by atoms with van der Waals surface area (Å²) in [6.45, 7) is 10.2. The number of H-pyrrole nitrogens is 1. The van der Waals surface area contributed by atoms with E-state index in [-0.39, 0.29) is 22.0 Å². The van der Waals surface area contributed by atoms with Gasteiger partial charge in [-0.05, 0) is 34.5 Å². The number of ether oxygens (including phenoxy) is 1. The Bertz CT molecular complexity index is 2240. The molecule has 3 heterocycles. The normalized spacial score (nSPS) is 20.8. The lowest BCUT2D eigenvalue weighted by atomic mass is 9.97. The summed E-state index contributed by atoms with van der Waals surface area (Å²) < 4.78 is 47.7. The van der Waals surface area contributed by atoms with E-state index in [0.29, 0.717) is 0 Å². The molecule has 6 rings (SSSR count). The van der Waals surface area contributed by atoms with Gasteiger partial charge in [-0.3, -0.25) is 28.6 Å². The van der Waals surface area contributed by atoms with E-state index in [0.717, 1.165) is 15.9 Å². The van der Waals surface area contributed by atoms with E-state index in [2.05, 4.69) is 41.0 Å². The van der Waals surface area contributed by atoms with Crippen LogP contribution in [0.5, 0.6) is 0 Å². The number of aliphatic hydroxyl groups is 2. The topological polar surface area (TPSA) is 195 Å². The van der Waals surface area contributed by atoms with Gasteiger partial charge in [-0.1, -0.05) is 113 Å². The van der Waals surface area contributed by atoms with Gasteiger partial charge in [0.05, 0.1) is 17.8 Å². The molecule has 1 fully saturated rings. The Morgan fingerprint density at radius 2 is 1.59 bits per heavy atom. The number of aromatic amines is 1. The third-order valence-electron chi connectivity index (χ3n) is 9.70. The molecule has 5 aromatic rings. The van der Waals surface area contributed by atoms with Gasteiger partial charge in [-0.15, -0.1) is 0 Å². The van der Waals surface area contributed by atoms with Crippen molar-refractivity contribution in [1.29, 1.82) is 0 Å². The molecule has 4 atom stereocenters. The summed E-state index contributed by atoms with van der Waals surface area (Å²) in [6.07, 6.45) is -3.75. The van der Waals surface area contributed by atoms with Crippen LogP contribution < -0.4 is 21.2 Å². The summed E-state index contributed by atoms with van der Waals surface area (Å²) in [4.78, 5) is 36.4. The first-order valence-corrected chi connectivity index (χ1v) is 20.8. The first-order valence-electron chi connectivity index (χ1n) is 17.5. The number of aromatic nitrogens is 4. The summed E-state index contributed by atoms with van der Waals surface area (Å²) in [7, 11) is -7.73. The number of imidazole rings is 1. The monoisotopic (exact) mass is 775 g/mol. The molecule has 54 heavy (non-hydrogen) atoms. The van der Waals surface area contributed by atoms with Crippen molar-refractivity contribution in [3.63, 3.8) is 0 Å². The minimum Gasteiger partial charge on any atom is -0.404 e. The SMILES string of the molecule is Cc1ccc(S(=O)(=O)OC[C@]2(CO[Si](c3ccccc3)(c3ccccc3)C(C)(C)C)O[C@@H](n3cnc4c(=O)[nH]c(NC(=O)C(C)C)nc43)[C@H](O)[C@@H]2O)cc1. The Balaban J connectivity index is 1.45. The molecule has 286 valence electrons. The molecule has 1 amide bonds. The zero-order chi connectivity index (χ0) is 39.1. The molecule has 16 heteroatoms. The Kier molecular flexibility index (Phi) is 10.8. The van der Waals surface area contributed by atoms with Gasteiger partial charge in [-0.25, -0.2) is 4.98 Å². The second-order valence-electron chi connectivity index (χ2n) is 14.9. The van der Waals surface area contributed by atoms with Gasteiger partial charge in [-0.2, -0.15) is 13.4 Å². The molecular formula is C38H45N5O9SSi. The summed E-state index contributed by atoms with van der Waals surface area (Å²) in [5.74, 6) is -0.976. The van der Waals surface area contributed by atoms with Crippen LogP contribution in [-0.4, -0.2) is 83.4 Å². The van der Waals surface area contributed by atoms with Crippen LogP contribution in [0.15, 0.2) is 101 Å². The second-order valence-corrected chi connectivity index (χ2v) is 20.8. The molecular weight excluding hydrogens is 731 g/mol. The highest BCUT2D eigenvalue weighted by molar-refractivity contribution is 7.86. The van der Waals surface area contributed by atoms with Crippen LogP contribution in [0.25, 0.3) is 11.2 Å². The van der Waals surface area contributed by atoms with E-state index >= 15 is 0 Å². The average molecular weight is 776 g/mol. The summed E-state index contributed by atoms with van der Waals surface area (Å²) in [5, 5.41) is 27.6. The van der Waals surface area contributed by atoms with Crippen LogP contribution in [0.4, 0.5) is 5.95 Å². The number of rotatable bonds is 12. The fourth-order valence-corrected chi connectivity index (χ4v) is 12.3. The Labute approximate surface area is 314 Å². The van der Waals surface area contributed by atoms with Crippen molar-refractivity contribution < 1.29 is 36.8 Å². The van der Waals surface area contributed by atoms with Gasteiger partial charge < -0.3 is 19.4 Å². The highest BCUT2D eigenvalue weighted by Crippen LogP contribution is 2.43. The van der Waals surface area contributed by atoms with E-state index in [9.17, 15) is 28.2 Å². The molecule has 0 bridgehead atoms. The molecule has 0 unspecified atom stereocenters.